The first kappa shape index (κ1) is 19.7. The highest BCUT2D eigenvalue weighted by molar-refractivity contribution is 7.14. The average Bonchev–Trinajstić information content (AvgIpc) is 3.20. The number of anilines is 1. The highest BCUT2D eigenvalue weighted by atomic mass is 32.1. The van der Waals surface area contributed by atoms with Gasteiger partial charge in [0, 0.05) is 10.8 Å². The van der Waals surface area contributed by atoms with E-state index in [0.29, 0.717) is 27.9 Å². The number of amides is 1. The van der Waals surface area contributed by atoms with E-state index in [2.05, 4.69) is 10.7 Å². The summed E-state index contributed by atoms with van der Waals surface area (Å²) >= 11 is 1.51. The lowest BCUT2D eigenvalue weighted by molar-refractivity contribution is -0.00688. The van der Waals surface area contributed by atoms with Gasteiger partial charge in [0.2, 0.25) is 5.75 Å². The van der Waals surface area contributed by atoms with Crippen LogP contribution in [0.3, 0.4) is 0 Å². The summed E-state index contributed by atoms with van der Waals surface area (Å²) in [5.41, 5.74) is 1.80. The maximum atomic E-state index is 13.0. The maximum absolute atomic E-state index is 13.0. The third-order valence-electron chi connectivity index (χ3n) is 7.26. The SMILES string of the molecule is COc1ccc(C(=O)Nc2nc(C34CC5CC(CC(C5)C3)C4)cs2)c(OC)c1OC. The van der Waals surface area contributed by atoms with Crippen molar-refractivity contribution < 1.29 is 19.0 Å². The summed E-state index contributed by atoms with van der Waals surface area (Å²) in [7, 11) is 4.60. The largest absolute Gasteiger partial charge is 0.493 e. The minimum Gasteiger partial charge on any atom is -0.493 e. The van der Waals surface area contributed by atoms with Crippen LogP contribution in [0.25, 0.3) is 0 Å². The van der Waals surface area contributed by atoms with Crippen LogP contribution in [0.5, 0.6) is 17.2 Å². The molecule has 30 heavy (non-hydrogen) atoms. The molecular formula is C23H28N2O4S. The number of aromatic nitrogens is 1. The summed E-state index contributed by atoms with van der Waals surface area (Å²) in [4.78, 5) is 17.9. The number of hydrogen-bond donors (Lipinski definition) is 1. The van der Waals surface area contributed by atoms with Crippen LogP contribution in [-0.4, -0.2) is 32.2 Å². The van der Waals surface area contributed by atoms with Gasteiger partial charge in [-0.2, -0.15) is 0 Å². The Morgan fingerprint density at radius 2 is 1.63 bits per heavy atom. The van der Waals surface area contributed by atoms with E-state index in [-0.39, 0.29) is 11.3 Å². The van der Waals surface area contributed by atoms with Crippen molar-refractivity contribution in [3.63, 3.8) is 0 Å². The van der Waals surface area contributed by atoms with Crippen LogP contribution >= 0.6 is 11.3 Å². The van der Waals surface area contributed by atoms with E-state index < -0.39 is 0 Å². The monoisotopic (exact) mass is 428 g/mol. The molecular weight excluding hydrogens is 400 g/mol. The van der Waals surface area contributed by atoms with Crippen LogP contribution < -0.4 is 19.5 Å². The molecule has 160 valence electrons. The average molecular weight is 429 g/mol. The lowest BCUT2D eigenvalue weighted by Crippen LogP contribution is -2.48. The highest BCUT2D eigenvalue weighted by Gasteiger charge is 2.52. The molecule has 2 aromatic rings. The molecule has 1 N–H and O–H groups in total. The Morgan fingerprint density at radius 3 is 2.20 bits per heavy atom. The first-order chi connectivity index (χ1) is 14.5. The normalized spacial score (nSPS) is 29.0. The molecule has 4 bridgehead atoms. The number of ether oxygens (including phenoxy) is 3. The van der Waals surface area contributed by atoms with Gasteiger partial charge in [0.15, 0.2) is 16.6 Å². The lowest BCUT2D eigenvalue weighted by atomic mass is 9.49. The van der Waals surface area contributed by atoms with Crippen LogP contribution in [0.1, 0.15) is 54.6 Å². The fraction of sp³-hybridized carbons (Fsp3) is 0.565. The minimum absolute atomic E-state index is 0.231. The highest BCUT2D eigenvalue weighted by Crippen LogP contribution is 2.60. The number of benzene rings is 1. The third-order valence-corrected chi connectivity index (χ3v) is 8.01. The molecule has 0 atom stereocenters. The summed E-state index contributed by atoms with van der Waals surface area (Å²) in [6.45, 7) is 0. The van der Waals surface area contributed by atoms with Gasteiger partial charge in [-0.1, -0.05) is 0 Å². The van der Waals surface area contributed by atoms with Crippen molar-refractivity contribution in [3.05, 3.63) is 28.8 Å². The quantitative estimate of drug-likeness (QED) is 0.709. The van der Waals surface area contributed by atoms with E-state index >= 15 is 0 Å². The molecule has 1 aromatic carbocycles. The lowest BCUT2D eigenvalue weighted by Gasteiger charge is -2.56. The van der Waals surface area contributed by atoms with Crippen LogP contribution in [-0.2, 0) is 5.41 Å². The standard InChI is InChI=1S/C23H28N2O4S/c1-27-17-5-4-16(19(28-2)20(17)29-3)21(26)25-22-24-18(12-30-22)23-9-13-6-14(10-23)8-15(7-13)11-23/h4-5,12-15H,6-11H2,1-3H3,(H,24,25,26). The Morgan fingerprint density at radius 1 is 1.00 bits per heavy atom. The van der Waals surface area contributed by atoms with Crippen molar-refractivity contribution in [2.75, 3.05) is 26.6 Å². The molecule has 4 aliphatic carbocycles. The number of carbonyl (C=O) groups is 1. The Bertz CT molecular complexity index is 935. The summed E-state index contributed by atoms with van der Waals surface area (Å²) in [5, 5.41) is 5.77. The summed E-state index contributed by atoms with van der Waals surface area (Å²) < 4.78 is 16.2. The van der Waals surface area contributed by atoms with Crippen molar-refractivity contribution in [2.24, 2.45) is 17.8 Å². The van der Waals surface area contributed by atoms with Crippen molar-refractivity contribution in [2.45, 2.75) is 43.9 Å². The van der Waals surface area contributed by atoms with E-state index in [1.54, 1.807) is 19.2 Å². The molecule has 1 aromatic heterocycles. The molecule has 6 rings (SSSR count). The number of nitrogens with one attached hydrogen (secondary N) is 1. The van der Waals surface area contributed by atoms with Crippen LogP contribution in [0, 0.1) is 17.8 Å². The van der Waals surface area contributed by atoms with E-state index in [9.17, 15) is 4.79 Å². The van der Waals surface area contributed by atoms with Crippen molar-refractivity contribution >= 4 is 22.4 Å². The van der Waals surface area contributed by atoms with Gasteiger partial charge >= 0.3 is 0 Å². The number of nitrogens with zero attached hydrogens (tertiary/aromatic N) is 1. The first-order valence-electron chi connectivity index (χ1n) is 10.6. The van der Waals surface area contributed by atoms with Gasteiger partial charge in [-0.05, 0) is 68.4 Å². The molecule has 0 aliphatic heterocycles. The van der Waals surface area contributed by atoms with Gasteiger partial charge in [0.1, 0.15) is 0 Å². The molecule has 4 aliphatic rings. The zero-order valence-electron chi connectivity index (χ0n) is 17.7. The minimum atomic E-state index is -0.265. The van der Waals surface area contributed by atoms with Crippen LogP contribution in [0.2, 0.25) is 0 Å². The number of rotatable bonds is 6. The summed E-state index contributed by atoms with van der Waals surface area (Å²) in [6, 6.07) is 3.39. The number of hydrogen-bond acceptors (Lipinski definition) is 6. The van der Waals surface area contributed by atoms with Gasteiger partial charge in [-0.15, -0.1) is 11.3 Å². The molecule has 0 saturated heterocycles. The number of carbonyl (C=O) groups excluding carboxylic acids is 1. The topological polar surface area (TPSA) is 69.7 Å². The van der Waals surface area contributed by atoms with Gasteiger partial charge in [0.05, 0.1) is 32.6 Å². The molecule has 6 nitrogen and oxygen atoms in total. The molecule has 1 heterocycles. The van der Waals surface area contributed by atoms with E-state index in [0.717, 1.165) is 17.8 Å². The van der Waals surface area contributed by atoms with E-state index in [1.165, 1.54) is 69.8 Å². The van der Waals surface area contributed by atoms with Crippen molar-refractivity contribution in [3.8, 4) is 17.2 Å². The molecule has 4 saturated carbocycles. The zero-order chi connectivity index (χ0) is 20.9. The Balaban J connectivity index is 1.38. The van der Waals surface area contributed by atoms with Crippen molar-refractivity contribution in [1.82, 2.24) is 4.98 Å². The van der Waals surface area contributed by atoms with E-state index in [4.69, 9.17) is 19.2 Å². The fourth-order valence-electron chi connectivity index (χ4n) is 6.44. The first-order valence-corrected chi connectivity index (χ1v) is 11.5. The second-order valence-corrected chi connectivity index (χ2v) is 9.93. The predicted molar refractivity (Wildman–Crippen MR) is 116 cm³/mol. The second-order valence-electron chi connectivity index (χ2n) is 9.07. The molecule has 0 unspecified atom stereocenters. The van der Waals surface area contributed by atoms with Gasteiger partial charge in [-0.25, -0.2) is 4.98 Å². The maximum Gasteiger partial charge on any atom is 0.261 e. The Labute approximate surface area is 180 Å². The molecule has 1 amide bonds. The summed E-state index contributed by atoms with van der Waals surface area (Å²) in [6.07, 6.45) is 8.02. The van der Waals surface area contributed by atoms with Crippen LogP contribution in [0.15, 0.2) is 17.5 Å². The second kappa shape index (κ2) is 7.45. The third kappa shape index (κ3) is 3.14. The molecule has 0 radical (unpaired) electrons. The summed E-state index contributed by atoms with van der Waals surface area (Å²) in [5.74, 6) is 3.61. The molecule has 4 fully saturated rings. The fourth-order valence-corrected chi connectivity index (χ4v) is 7.27. The number of methoxy groups -OCH3 is 3. The zero-order valence-corrected chi connectivity index (χ0v) is 18.5. The van der Waals surface area contributed by atoms with Gasteiger partial charge in [0.25, 0.3) is 5.91 Å². The van der Waals surface area contributed by atoms with E-state index in [1.807, 2.05) is 0 Å². The predicted octanol–water partition coefficient (Wildman–Crippen LogP) is 4.89. The smallest absolute Gasteiger partial charge is 0.261 e. The molecule has 7 heteroatoms. The Kier molecular flexibility index (Phi) is 4.88. The van der Waals surface area contributed by atoms with Gasteiger partial charge in [-0.3, -0.25) is 10.1 Å². The van der Waals surface area contributed by atoms with Gasteiger partial charge < -0.3 is 14.2 Å². The molecule has 0 spiro atoms. The van der Waals surface area contributed by atoms with Crippen LogP contribution in [0.4, 0.5) is 5.13 Å². The Hall–Kier alpha value is -2.28. The van der Waals surface area contributed by atoms with Crippen molar-refractivity contribution in [1.29, 1.82) is 0 Å². The number of thiazole rings is 1.